The summed E-state index contributed by atoms with van der Waals surface area (Å²) < 4.78 is 32.0. The van der Waals surface area contributed by atoms with Crippen LogP contribution in [0.5, 0.6) is 0 Å². The summed E-state index contributed by atoms with van der Waals surface area (Å²) in [5, 5.41) is 0. The summed E-state index contributed by atoms with van der Waals surface area (Å²) in [7, 11) is 0. The first-order valence-electron chi connectivity index (χ1n) is 4.70. The topological polar surface area (TPSA) is 74.6 Å². The van der Waals surface area contributed by atoms with Crippen LogP contribution in [-0.2, 0) is 23.5 Å². The summed E-state index contributed by atoms with van der Waals surface area (Å²) in [5.74, 6) is 0. The van der Waals surface area contributed by atoms with Gasteiger partial charge in [-0.3, -0.25) is 0 Å². The largest absolute Gasteiger partial charge is 0.0623 e. The molecule has 0 heterocycles. The van der Waals surface area contributed by atoms with Gasteiger partial charge in [-0.1, -0.05) is 72.8 Å². The van der Waals surface area contributed by atoms with Crippen molar-refractivity contribution in [3.8, 4) is 0 Å². The smallest absolute Gasteiger partial charge is 0.0623 e. The van der Waals surface area contributed by atoms with Crippen LogP contribution < -0.4 is 0 Å². The molecule has 0 saturated heterocycles. The van der Waals surface area contributed by atoms with Crippen molar-refractivity contribution in [2.45, 2.75) is 0 Å². The van der Waals surface area contributed by atoms with Gasteiger partial charge in [0.15, 0.2) is 0 Å². The molecule has 0 atom stereocenters. The minimum atomic E-state index is -5.52. The number of benzene rings is 2. The molecule has 4 nitrogen and oxygen atoms in total. The zero-order chi connectivity index (χ0) is 13.0. The maximum atomic E-state index is 8.85. The first-order chi connectivity index (χ1) is 8.00. The van der Waals surface area contributed by atoms with Crippen LogP contribution in [0.25, 0.3) is 0 Å². The Hall–Kier alpha value is -1.35. The van der Waals surface area contributed by atoms with E-state index in [4.69, 9.17) is 14.3 Å². The van der Waals surface area contributed by atoms with Crippen molar-refractivity contribution < 1.29 is 31.1 Å². The van der Waals surface area contributed by atoms with Crippen molar-refractivity contribution in [1.29, 1.82) is 0 Å². The molecule has 0 spiro atoms. The van der Waals surface area contributed by atoms with E-state index in [1.807, 2.05) is 72.8 Å². The van der Waals surface area contributed by atoms with Gasteiger partial charge in [0.1, 0.15) is 0 Å². The molecule has 5 heteroatoms. The van der Waals surface area contributed by atoms with E-state index in [0.29, 0.717) is 0 Å². The molecule has 0 bridgehead atoms. The standard InChI is InChI=1S/2C6H6.Mo.2H2O.2O/c2*1-2-4-6-5-3-1;;;;;/h2*1-6H;;2*1H2;;/q;;+2;;;;/p-2. The summed E-state index contributed by atoms with van der Waals surface area (Å²) in [6.07, 6.45) is 0. The number of hydrogen-bond donors (Lipinski definition) is 2. The van der Waals surface area contributed by atoms with E-state index in [2.05, 4.69) is 0 Å². The second kappa shape index (κ2) is 9.84. The van der Waals surface area contributed by atoms with E-state index in [9.17, 15) is 0 Å². The molecule has 0 amide bonds. The molecular formula is C12H14MoO4. The summed E-state index contributed by atoms with van der Waals surface area (Å²) in [5.41, 5.74) is 0. The van der Waals surface area contributed by atoms with Crippen LogP contribution in [0.4, 0.5) is 0 Å². The van der Waals surface area contributed by atoms with Gasteiger partial charge in [0.05, 0.1) is 0 Å². The van der Waals surface area contributed by atoms with Gasteiger partial charge >= 0.3 is 31.1 Å². The van der Waals surface area contributed by atoms with Gasteiger partial charge in [0, 0.05) is 0 Å². The Morgan fingerprint density at radius 3 is 0.588 bits per heavy atom. The van der Waals surface area contributed by atoms with Crippen LogP contribution in [0, 0.1) is 0 Å². The molecule has 0 radical (unpaired) electrons. The molecule has 0 unspecified atom stereocenters. The Bertz CT molecular complexity index is 361. The SMILES string of the molecule is [O]=[Mo](=[O])([OH])[OH].c1ccccc1.c1ccccc1. The fourth-order valence-electron chi connectivity index (χ4n) is 0.770. The molecule has 0 aromatic heterocycles. The normalized spacial score (nSPS) is 9.06. The van der Waals surface area contributed by atoms with Crippen LogP contribution in [0.1, 0.15) is 0 Å². The van der Waals surface area contributed by atoms with E-state index in [1.54, 1.807) is 0 Å². The summed E-state index contributed by atoms with van der Waals surface area (Å²) >= 11 is -5.52. The molecule has 0 aliphatic rings. The molecule has 0 aliphatic heterocycles. The van der Waals surface area contributed by atoms with Crippen LogP contribution >= 0.6 is 0 Å². The zero-order valence-corrected chi connectivity index (χ0v) is 11.1. The maximum absolute atomic E-state index is 8.85. The van der Waals surface area contributed by atoms with Gasteiger partial charge < -0.3 is 0 Å². The molecule has 2 rings (SSSR count). The quantitative estimate of drug-likeness (QED) is 0.729. The van der Waals surface area contributed by atoms with E-state index < -0.39 is 16.7 Å². The Morgan fingerprint density at radius 2 is 0.529 bits per heavy atom. The van der Waals surface area contributed by atoms with Gasteiger partial charge in [-0.2, -0.15) is 0 Å². The molecule has 0 saturated carbocycles. The fourth-order valence-corrected chi connectivity index (χ4v) is 0.770. The van der Waals surface area contributed by atoms with Crippen molar-refractivity contribution in [3.05, 3.63) is 72.8 Å². The molecule has 0 aliphatic carbocycles. The van der Waals surface area contributed by atoms with Crippen LogP contribution in [0.3, 0.4) is 0 Å². The Morgan fingerprint density at radius 1 is 0.471 bits per heavy atom. The molecule has 2 aromatic rings. The van der Waals surface area contributed by atoms with Gasteiger partial charge in [0.25, 0.3) is 0 Å². The van der Waals surface area contributed by atoms with Crippen molar-refractivity contribution in [1.82, 2.24) is 0 Å². The zero-order valence-electron chi connectivity index (χ0n) is 9.05. The van der Waals surface area contributed by atoms with E-state index in [1.165, 1.54) is 0 Å². The van der Waals surface area contributed by atoms with Crippen LogP contribution in [0.2, 0.25) is 0 Å². The molecule has 2 N–H and O–H groups in total. The second-order valence-electron chi connectivity index (χ2n) is 2.76. The Balaban J connectivity index is 0.000000228. The van der Waals surface area contributed by atoms with Crippen molar-refractivity contribution in [2.75, 3.05) is 0 Å². The van der Waals surface area contributed by atoms with Crippen molar-refractivity contribution >= 4 is 0 Å². The van der Waals surface area contributed by atoms with Gasteiger partial charge in [-0.15, -0.1) is 0 Å². The maximum Gasteiger partial charge on any atom is -0.0623 e. The third-order valence-corrected chi connectivity index (χ3v) is 1.33. The average molecular weight is 318 g/mol. The van der Waals surface area contributed by atoms with Crippen LogP contribution in [0.15, 0.2) is 72.8 Å². The van der Waals surface area contributed by atoms with Gasteiger partial charge in [-0.25, -0.2) is 0 Å². The monoisotopic (exact) mass is 320 g/mol. The summed E-state index contributed by atoms with van der Waals surface area (Å²) in [4.78, 5) is 0. The Labute approximate surface area is 104 Å². The van der Waals surface area contributed by atoms with E-state index >= 15 is 0 Å². The van der Waals surface area contributed by atoms with E-state index in [-0.39, 0.29) is 0 Å². The molecule has 0 fully saturated rings. The third kappa shape index (κ3) is 20.7. The predicted molar refractivity (Wildman–Crippen MR) is 58.7 cm³/mol. The Kier molecular flexibility index (Phi) is 9.06. The predicted octanol–water partition coefficient (Wildman–Crippen LogP) is 2.02. The number of rotatable bonds is 0. The van der Waals surface area contributed by atoms with E-state index in [0.717, 1.165) is 0 Å². The third-order valence-electron chi connectivity index (χ3n) is 1.33. The first-order valence-corrected chi connectivity index (χ1v) is 8.13. The average Bonchev–Trinajstić information content (AvgIpc) is 2.32. The molecule has 2 aromatic carbocycles. The first kappa shape index (κ1) is 15.6. The minimum Gasteiger partial charge on any atom is -0.0623 e. The molecule has 92 valence electrons. The molecule has 17 heavy (non-hydrogen) atoms. The minimum absolute atomic E-state index is 2.00. The summed E-state index contributed by atoms with van der Waals surface area (Å²) in [6, 6.07) is 24.0. The second-order valence-corrected chi connectivity index (χ2v) is 4.96. The molecular weight excluding hydrogens is 304 g/mol. The fraction of sp³-hybridized carbons (Fsp3) is 0. The van der Waals surface area contributed by atoms with Crippen LogP contribution in [-0.4, -0.2) is 7.52 Å². The summed E-state index contributed by atoms with van der Waals surface area (Å²) in [6.45, 7) is 0. The van der Waals surface area contributed by atoms with Crippen molar-refractivity contribution in [2.24, 2.45) is 0 Å². The van der Waals surface area contributed by atoms with Gasteiger partial charge in [0.2, 0.25) is 0 Å². The number of hydrogen-bond acceptors (Lipinski definition) is 2. The van der Waals surface area contributed by atoms with Crippen molar-refractivity contribution in [3.63, 3.8) is 0 Å². The van der Waals surface area contributed by atoms with Gasteiger partial charge in [-0.05, 0) is 0 Å².